The fourth-order valence-electron chi connectivity index (χ4n) is 2.00. The zero-order valence-electron chi connectivity index (χ0n) is 10.2. The van der Waals surface area contributed by atoms with Crippen LogP contribution in [0.1, 0.15) is 24.4 Å². The second-order valence-electron chi connectivity index (χ2n) is 4.20. The molecule has 0 spiro atoms. The Morgan fingerprint density at radius 2 is 2.28 bits per heavy atom. The first kappa shape index (κ1) is 13.0. The van der Waals surface area contributed by atoms with Gasteiger partial charge in [0.2, 0.25) is 11.8 Å². The molecule has 4 nitrogen and oxygen atoms in total. The minimum absolute atomic E-state index is 0.00106. The monoisotopic (exact) mass is 264 g/mol. The summed E-state index contributed by atoms with van der Waals surface area (Å²) in [7, 11) is 0. The molecule has 0 aliphatic carbocycles. The number of thioether (sulfide) groups is 1. The predicted octanol–water partition coefficient (Wildman–Crippen LogP) is 1.94. The molecule has 2 rings (SSSR count). The number of amides is 2. The van der Waals surface area contributed by atoms with Crippen molar-refractivity contribution in [3.05, 3.63) is 29.8 Å². The molecule has 1 aromatic rings. The van der Waals surface area contributed by atoms with E-state index in [9.17, 15) is 9.59 Å². The van der Waals surface area contributed by atoms with Gasteiger partial charge in [-0.25, -0.2) is 0 Å². The summed E-state index contributed by atoms with van der Waals surface area (Å²) in [5.41, 5.74) is 1.78. The Morgan fingerprint density at radius 3 is 3.06 bits per heavy atom. The molecule has 0 bridgehead atoms. The highest BCUT2D eigenvalue weighted by molar-refractivity contribution is 7.98. The van der Waals surface area contributed by atoms with Crippen LogP contribution in [-0.2, 0) is 9.59 Å². The van der Waals surface area contributed by atoms with Gasteiger partial charge in [-0.1, -0.05) is 18.2 Å². The Hall–Kier alpha value is -1.49. The molecule has 5 heteroatoms. The lowest BCUT2D eigenvalue weighted by Crippen LogP contribution is -2.35. The number of rotatable bonds is 4. The first-order valence-corrected chi connectivity index (χ1v) is 7.27. The predicted molar refractivity (Wildman–Crippen MR) is 73.6 cm³/mol. The quantitative estimate of drug-likeness (QED) is 0.873. The second-order valence-corrected chi connectivity index (χ2v) is 5.19. The lowest BCUT2D eigenvalue weighted by molar-refractivity contribution is -0.122. The maximum atomic E-state index is 11.7. The van der Waals surface area contributed by atoms with Gasteiger partial charge in [0.25, 0.3) is 0 Å². The van der Waals surface area contributed by atoms with Crippen LogP contribution in [0.4, 0.5) is 5.69 Å². The number of carbonyl (C=O) groups excluding carboxylic acids is 2. The summed E-state index contributed by atoms with van der Waals surface area (Å²) in [6.45, 7) is 0. The summed E-state index contributed by atoms with van der Waals surface area (Å²) in [6.07, 6.45) is 2.76. The van der Waals surface area contributed by atoms with E-state index >= 15 is 0 Å². The Balaban J connectivity index is 2.09. The SMILES string of the molecule is CSCCC(=O)N[C@@H]1CC(=O)Nc2ccccc21. The molecule has 0 aromatic heterocycles. The first-order chi connectivity index (χ1) is 8.70. The number of para-hydroxylation sites is 1. The van der Waals surface area contributed by atoms with Gasteiger partial charge in [0.05, 0.1) is 12.5 Å². The van der Waals surface area contributed by atoms with Crippen LogP contribution in [0, 0.1) is 0 Å². The largest absolute Gasteiger partial charge is 0.349 e. The van der Waals surface area contributed by atoms with Crippen molar-refractivity contribution >= 4 is 29.3 Å². The van der Waals surface area contributed by atoms with Crippen molar-refractivity contribution in [2.45, 2.75) is 18.9 Å². The van der Waals surface area contributed by atoms with E-state index in [2.05, 4.69) is 10.6 Å². The molecule has 1 aliphatic heterocycles. The molecule has 2 amide bonds. The van der Waals surface area contributed by atoms with E-state index in [-0.39, 0.29) is 17.9 Å². The number of hydrogen-bond acceptors (Lipinski definition) is 3. The number of benzene rings is 1. The standard InChI is InChI=1S/C13H16N2O2S/c1-18-7-6-12(16)15-11-8-13(17)14-10-5-3-2-4-9(10)11/h2-5,11H,6-8H2,1H3,(H,14,17)(H,15,16)/t11-/m1/s1. The lowest BCUT2D eigenvalue weighted by atomic mass is 9.97. The van der Waals surface area contributed by atoms with Crippen molar-refractivity contribution < 1.29 is 9.59 Å². The number of carbonyl (C=O) groups is 2. The number of fused-ring (bicyclic) bond motifs is 1. The molecule has 0 saturated carbocycles. The van der Waals surface area contributed by atoms with Crippen LogP contribution in [-0.4, -0.2) is 23.8 Å². The summed E-state index contributed by atoms with van der Waals surface area (Å²) in [5.74, 6) is 0.745. The van der Waals surface area contributed by atoms with E-state index in [0.717, 1.165) is 17.0 Å². The Morgan fingerprint density at radius 1 is 1.50 bits per heavy atom. The molecule has 0 fully saturated rings. The van der Waals surface area contributed by atoms with Gasteiger partial charge < -0.3 is 10.6 Å². The van der Waals surface area contributed by atoms with E-state index in [1.54, 1.807) is 11.8 Å². The summed E-state index contributed by atoms with van der Waals surface area (Å²) >= 11 is 1.64. The molecule has 1 heterocycles. The normalized spacial score (nSPS) is 17.8. The summed E-state index contributed by atoms with van der Waals surface area (Å²) in [5, 5.41) is 5.74. The van der Waals surface area contributed by atoms with Gasteiger partial charge in [0, 0.05) is 17.9 Å². The second kappa shape index (κ2) is 5.91. The molecular weight excluding hydrogens is 248 g/mol. The average molecular weight is 264 g/mol. The molecule has 96 valence electrons. The van der Waals surface area contributed by atoms with E-state index < -0.39 is 0 Å². The highest BCUT2D eigenvalue weighted by Gasteiger charge is 2.25. The maximum Gasteiger partial charge on any atom is 0.226 e. The molecule has 0 unspecified atom stereocenters. The molecule has 1 aliphatic rings. The van der Waals surface area contributed by atoms with Crippen LogP contribution in [0.15, 0.2) is 24.3 Å². The Labute approximate surface area is 111 Å². The fraction of sp³-hybridized carbons (Fsp3) is 0.385. The van der Waals surface area contributed by atoms with Gasteiger partial charge in [0.1, 0.15) is 0 Å². The third-order valence-corrected chi connectivity index (χ3v) is 3.48. The lowest BCUT2D eigenvalue weighted by Gasteiger charge is -2.26. The van der Waals surface area contributed by atoms with Gasteiger partial charge in [-0.2, -0.15) is 11.8 Å². The van der Waals surface area contributed by atoms with Crippen molar-refractivity contribution in [2.75, 3.05) is 17.3 Å². The van der Waals surface area contributed by atoms with Gasteiger partial charge in [-0.15, -0.1) is 0 Å². The van der Waals surface area contributed by atoms with Crippen molar-refractivity contribution in [2.24, 2.45) is 0 Å². The third-order valence-electron chi connectivity index (χ3n) is 2.87. The molecule has 1 aromatic carbocycles. The zero-order chi connectivity index (χ0) is 13.0. The molecular formula is C13H16N2O2S. The minimum Gasteiger partial charge on any atom is -0.349 e. The van der Waals surface area contributed by atoms with Gasteiger partial charge >= 0.3 is 0 Å². The summed E-state index contributed by atoms with van der Waals surface area (Å²) in [4.78, 5) is 23.3. The van der Waals surface area contributed by atoms with E-state index in [1.165, 1.54) is 0 Å². The topological polar surface area (TPSA) is 58.2 Å². The number of nitrogens with one attached hydrogen (secondary N) is 2. The smallest absolute Gasteiger partial charge is 0.226 e. The van der Waals surface area contributed by atoms with Crippen LogP contribution in [0.3, 0.4) is 0 Å². The van der Waals surface area contributed by atoms with Crippen molar-refractivity contribution in [3.8, 4) is 0 Å². The summed E-state index contributed by atoms with van der Waals surface area (Å²) in [6, 6.07) is 7.38. The third kappa shape index (κ3) is 3.04. The van der Waals surface area contributed by atoms with E-state index in [0.29, 0.717) is 12.8 Å². The van der Waals surface area contributed by atoms with Gasteiger partial charge in [-0.05, 0) is 17.9 Å². The van der Waals surface area contributed by atoms with E-state index in [1.807, 2.05) is 30.5 Å². The molecule has 2 N–H and O–H groups in total. The average Bonchev–Trinajstić information content (AvgIpc) is 2.36. The Kier molecular flexibility index (Phi) is 4.25. The number of anilines is 1. The van der Waals surface area contributed by atoms with Crippen molar-refractivity contribution in [1.29, 1.82) is 0 Å². The zero-order valence-corrected chi connectivity index (χ0v) is 11.0. The minimum atomic E-state index is -0.204. The van der Waals surface area contributed by atoms with Crippen molar-refractivity contribution in [1.82, 2.24) is 5.32 Å². The van der Waals surface area contributed by atoms with E-state index in [4.69, 9.17) is 0 Å². The van der Waals surface area contributed by atoms with Crippen LogP contribution in [0.2, 0.25) is 0 Å². The van der Waals surface area contributed by atoms with Crippen LogP contribution in [0.5, 0.6) is 0 Å². The van der Waals surface area contributed by atoms with Crippen LogP contribution in [0.25, 0.3) is 0 Å². The molecule has 0 saturated heterocycles. The number of hydrogen-bond donors (Lipinski definition) is 2. The highest BCUT2D eigenvalue weighted by Crippen LogP contribution is 2.29. The van der Waals surface area contributed by atoms with Gasteiger partial charge in [0.15, 0.2) is 0 Å². The highest BCUT2D eigenvalue weighted by atomic mass is 32.2. The first-order valence-electron chi connectivity index (χ1n) is 5.88. The van der Waals surface area contributed by atoms with Crippen LogP contribution >= 0.6 is 11.8 Å². The maximum absolute atomic E-state index is 11.7. The Bertz CT molecular complexity index is 462. The molecule has 1 atom stereocenters. The molecule has 18 heavy (non-hydrogen) atoms. The van der Waals surface area contributed by atoms with Crippen molar-refractivity contribution in [3.63, 3.8) is 0 Å². The van der Waals surface area contributed by atoms with Gasteiger partial charge in [-0.3, -0.25) is 9.59 Å². The van der Waals surface area contributed by atoms with Crippen LogP contribution < -0.4 is 10.6 Å². The molecule has 0 radical (unpaired) electrons. The fourth-order valence-corrected chi connectivity index (χ4v) is 2.39. The summed E-state index contributed by atoms with van der Waals surface area (Å²) < 4.78 is 0.